The van der Waals surface area contributed by atoms with Crippen LogP contribution in [0.5, 0.6) is 0 Å². The van der Waals surface area contributed by atoms with E-state index in [1.165, 1.54) is 21.9 Å². The maximum absolute atomic E-state index is 12.8. The molecular formula is C14H18FN3O2. The van der Waals surface area contributed by atoms with E-state index in [2.05, 4.69) is 0 Å². The van der Waals surface area contributed by atoms with E-state index in [0.717, 1.165) is 5.56 Å². The number of likely N-dealkylation sites (N-methyl/N-ethyl adjacent to an activating group) is 1. The molecule has 6 heteroatoms. The molecule has 0 N–H and O–H groups in total. The molecule has 1 fully saturated rings. The van der Waals surface area contributed by atoms with Crippen LogP contribution in [-0.2, 0) is 11.3 Å². The fraction of sp³-hybridized carbons (Fsp3) is 0.429. The van der Waals surface area contributed by atoms with Gasteiger partial charge in [-0.05, 0) is 17.7 Å². The highest BCUT2D eigenvalue weighted by atomic mass is 19.1. The first kappa shape index (κ1) is 14.3. The second-order valence-corrected chi connectivity index (χ2v) is 5.04. The predicted molar refractivity (Wildman–Crippen MR) is 72.5 cm³/mol. The summed E-state index contributed by atoms with van der Waals surface area (Å²) in [5.41, 5.74) is 0.875. The third-order valence-corrected chi connectivity index (χ3v) is 3.29. The van der Waals surface area contributed by atoms with Gasteiger partial charge in [-0.3, -0.25) is 4.79 Å². The number of carbonyl (C=O) groups is 2. The van der Waals surface area contributed by atoms with Crippen LogP contribution in [0.2, 0.25) is 0 Å². The molecule has 0 unspecified atom stereocenters. The second-order valence-electron chi connectivity index (χ2n) is 5.04. The van der Waals surface area contributed by atoms with E-state index in [1.54, 1.807) is 31.1 Å². The van der Waals surface area contributed by atoms with E-state index in [4.69, 9.17) is 0 Å². The first-order valence-corrected chi connectivity index (χ1v) is 6.46. The summed E-state index contributed by atoms with van der Waals surface area (Å²) in [6.07, 6.45) is 0. The maximum atomic E-state index is 12.8. The van der Waals surface area contributed by atoms with Crippen molar-refractivity contribution in [2.75, 3.05) is 33.7 Å². The zero-order valence-electron chi connectivity index (χ0n) is 11.7. The van der Waals surface area contributed by atoms with E-state index >= 15 is 0 Å². The van der Waals surface area contributed by atoms with Gasteiger partial charge in [-0.2, -0.15) is 0 Å². The average Bonchev–Trinajstić information content (AvgIpc) is 2.74. The molecule has 108 valence electrons. The van der Waals surface area contributed by atoms with Crippen molar-refractivity contribution in [3.05, 3.63) is 35.6 Å². The molecule has 0 atom stereocenters. The van der Waals surface area contributed by atoms with E-state index in [-0.39, 0.29) is 24.3 Å². The van der Waals surface area contributed by atoms with Crippen molar-refractivity contribution >= 4 is 11.9 Å². The molecule has 0 bridgehead atoms. The van der Waals surface area contributed by atoms with Crippen LogP contribution in [0.4, 0.5) is 9.18 Å². The number of rotatable bonds is 4. The van der Waals surface area contributed by atoms with Gasteiger partial charge < -0.3 is 14.7 Å². The summed E-state index contributed by atoms with van der Waals surface area (Å²) >= 11 is 0. The summed E-state index contributed by atoms with van der Waals surface area (Å²) in [4.78, 5) is 28.4. The summed E-state index contributed by atoms with van der Waals surface area (Å²) in [5, 5.41) is 0. The Hall–Kier alpha value is -2.11. The van der Waals surface area contributed by atoms with Crippen LogP contribution < -0.4 is 0 Å². The lowest BCUT2D eigenvalue weighted by atomic mass is 10.2. The molecule has 0 spiro atoms. The van der Waals surface area contributed by atoms with Crippen LogP contribution in [0.25, 0.3) is 0 Å². The fourth-order valence-electron chi connectivity index (χ4n) is 2.04. The Morgan fingerprint density at radius 2 is 1.80 bits per heavy atom. The molecule has 1 heterocycles. The molecule has 20 heavy (non-hydrogen) atoms. The summed E-state index contributed by atoms with van der Waals surface area (Å²) in [5.74, 6) is -0.387. The normalized spacial score (nSPS) is 14.8. The summed E-state index contributed by atoms with van der Waals surface area (Å²) in [7, 11) is 3.33. The van der Waals surface area contributed by atoms with Gasteiger partial charge in [0.1, 0.15) is 12.4 Å². The Morgan fingerprint density at radius 3 is 2.40 bits per heavy atom. The first-order valence-electron chi connectivity index (χ1n) is 6.46. The van der Waals surface area contributed by atoms with Gasteiger partial charge >= 0.3 is 6.03 Å². The molecule has 1 aliphatic heterocycles. The molecule has 1 aromatic rings. The van der Waals surface area contributed by atoms with Crippen molar-refractivity contribution in [3.63, 3.8) is 0 Å². The number of carbonyl (C=O) groups excluding carboxylic acids is 2. The Labute approximate surface area is 117 Å². The molecule has 1 aliphatic rings. The second kappa shape index (κ2) is 5.90. The smallest absolute Gasteiger partial charge is 0.320 e. The Balaban J connectivity index is 1.94. The molecule has 1 aromatic carbocycles. The van der Waals surface area contributed by atoms with E-state index in [1.807, 2.05) is 0 Å². The monoisotopic (exact) mass is 279 g/mol. The van der Waals surface area contributed by atoms with Gasteiger partial charge in [-0.1, -0.05) is 12.1 Å². The van der Waals surface area contributed by atoms with Crippen molar-refractivity contribution in [2.45, 2.75) is 6.54 Å². The minimum atomic E-state index is -0.292. The number of amides is 3. The molecule has 0 aromatic heterocycles. The highest BCUT2D eigenvalue weighted by Crippen LogP contribution is 2.13. The van der Waals surface area contributed by atoms with Crippen LogP contribution in [-0.4, -0.2) is 60.4 Å². The molecule has 5 nitrogen and oxygen atoms in total. The van der Waals surface area contributed by atoms with Crippen LogP contribution in [0.1, 0.15) is 5.56 Å². The molecule has 0 radical (unpaired) electrons. The van der Waals surface area contributed by atoms with Crippen molar-refractivity contribution in [1.29, 1.82) is 0 Å². The van der Waals surface area contributed by atoms with E-state index < -0.39 is 0 Å². The molecule has 3 amide bonds. The Morgan fingerprint density at radius 1 is 1.20 bits per heavy atom. The molecule has 0 saturated carbocycles. The van der Waals surface area contributed by atoms with Crippen LogP contribution >= 0.6 is 0 Å². The Bertz CT molecular complexity index is 502. The van der Waals surface area contributed by atoms with Gasteiger partial charge in [0.05, 0.1) is 0 Å². The minimum Gasteiger partial charge on any atom is -0.347 e. The minimum absolute atomic E-state index is 0.0954. The molecule has 2 rings (SSSR count). The van der Waals surface area contributed by atoms with Crippen LogP contribution in [0.3, 0.4) is 0 Å². The summed E-state index contributed by atoms with van der Waals surface area (Å²) in [6, 6.07) is 5.93. The highest BCUT2D eigenvalue weighted by molar-refractivity contribution is 5.84. The highest BCUT2D eigenvalue weighted by Gasteiger charge is 2.29. The number of benzene rings is 1. The molecular weight excluding hydrogens is 261 g/mol. The summed E-state index contributed by atoms with van der Waals surface area (Å²) < 4.78 is 12.8. The lowest BCUT2D eigenvalue weighted by Crippen LogP contribution is -2.39. The fourth-order valence-corrected chi connectivity index (χ4v) is 2.04. The third-order valence-electron chi connectivity index (χ3n) is 3.29. The quantitative estimate of drug-likeness (QED) is 0.830. The third kappa shape index (κ3) is 3.26. The number of nitrogens with zero attached hydrogens (tertiary/aromatic N) is 3. The number of halogens is 1. The van der Waals surface area contributed by atoms with E-state index in [9.17, 15) is 14.0 Å². The molecule has 1 saturated heterocycles. The van der Waals surface area contributed by atoms with Gasteiger partial charge in [0.15, 0.2) is 0 Å². The maximum Gasteiger partial charge on any atom is 0.320 e. The SMILES string of the molecule is CN(C)C(=O)CN1CCN(Cc2ccc(F)cc2)C1=O. The van der Waals surface area contributed by atoms with Gasteiger partial charge in [0.25, 0.3) is 0 Å². The lowest BCUT2D eigenvalue weighted by molar-refractivity contribution is -0.129. The van der Waals surface area contributed by atoms with Crippen molar-refractivity contribution in [2.24, 2.45) is 0 Å². The average molecular weight is 279 g/mol. The number of hydrogen-bond acceptors (Lipinski definition) is 2. The van der Waals surface area contributed by atoms with Gasteiger partial charge in [0.2, 0.25) is 5.91 Å². The van der Waals surface area contributed by atoms with Gasteiger partial charge in [0, 0.05) is 33.7 Å². The lowest BCUT2D eigenvalue weighted by Gasteiger charge is -2.20. The van der Waals surface area contributed by atoms with Crippen LogP contribution in [0, 0.1) is 5.82 Å². The van der Waals surface area contributed by atoms with Crippen molar-refractivity contribution < 1.29 is 14.0 Å². The van der Waals surface area contributed by atoms with E-state index in [0.29, 0.717) is 19.6 Å². The molecule has 0 aliphatic carbocycles. The van der Waals surface area contributed by atoms with Gasteiger partial charge in [-0.15, -0.1) is 0 Å². The van der Waals surface area contributed by atoms with Crippen molar-refractivity contribution in [1.82, 2.24) is 14.7 Å². The number of urea groups is 1. The summed E-state index contributed by atoms with van der Waals surface area (Å²) in [6.45, 7) is 1.66. The van der Waals surface area contributed by atoms with Gasteiger partial charge in [-0.25, -0.2) is 9.18 Å². The topological polar surface area (TPSA) is 43.9 Å². The first-order chi connectivity index (χ1) is 9.47. The number of hydrogen-bond donors (Lipinski definition) is 0. The van der Waals surface area contributed by atoms with Crippen molar-refractivity contribution in [3.8, 4) is 0 Å². The zero-order valence-corrected chi connectivity index (χ0v) is 11.7. The standard InChI is InChI=1S/C14H18FN3O2/c1-16(2)13(19)10-18-8-7-17(14(18)20)9-11-3-5-12(15)6-4-11/h3-6H,7-10H2,1-2H3. The largest absolute Gasteiger partial charge is 0.347 e. The Kier molecular flexibility index (Phi) is 4.22. The predicted octanol–water partition coefficient (Wildman–Crippen LogP) is 1.15. The zero-order chi connectivity index (χ0) is 14.7. The van der Waals surface area contributed by atoms with Crippen LogP contribution in [0.15, 0.2) is 24.3 Å².